The smallest absolute Gasteiger partial charge is 0.0481 e. The van der Waals surface area contributed by atoms with Gasteiger partial charge in [-0.05, 0) is 37.9 Å². The molecular formula is C15H23N3. The first kappa shape index (κ1) is 13.1. The highest BCUT2D eigenvalue weighted by Crippen LogP contribution is 2.19. The molecule has 1 atom stereocenters. The molecule has 3 N–H and O–H groups in total. The Morgan fingerprint density at radius 3 is 2.89 bits per heavy atom. The fourth-order valence-electron chi connectivity index (χ4n) is 2.34. The van der Waals surface area contributed by atoms with Crippen LogP contribution < -0.4 is 11.1 Å². The van der Waals surface area contributed by atoms with Gasteiger partial charge in [0.05, 0.1) is 0 Å². The molecule has 1 aromatic carbocycles. The maximum Gasteiger partial charge on any atom is 0.0481 e. The third-order valence-electron chi connectivity index (χ3n) is 3.31. The minimum atomic E-state index is 0.310. The van der Waals surface area contributed by atoms with Crippen LogP contribution in [-0.4, -0.2) is 17.2 Å². The molecule has 1 aromatic heterocycles. The summed E-state index contributed by atoms with van der Waals surface area (Å²) in [6.45, 7) is 4.02. The molecule has 18 heavy (non-hydrogen) atoms. The molecule has 0 spiro atoms. The molecular weight excluding hydrogens is 222 g/mol. The predicted octanol–water partition coefficient (Wildman–Crippen LogP) is 2.40. The van der Waals surface area contributed by atoms with Gasteiger partial charge in [0.15, 0.2) is 0 Å². The van der Waals surface area contributed by atoms with E-state index in [1.807, 2.05) is 0 Å². The lowest BCUT2D eigenvalue weighted by molar-refractivity contribution is 0.575. The first-order valence-electron chi connectivity index (χ1n) is 6.67. The van der Waals surface area contributed by atoms with Crippen LogP contribution in [0.15, 0.2) is 30.5 Å². The zero-order valence-corrected chi connectivity index (χ0v) is 11.3. The second-order valence-electron chi connectivity index (χ2n) is 5.08. The Hall–Kier alpha value is -1.32. The number of benzene rings is 1. The van der Waals surface area contributed by atoms with E-state index in [2.05, 4.69) is 54.3 Å². The number of hydrogen-bond acceptors (Lipinski definition) is 2. The second kappa shape index (κ2) is 6.03. The quantitative estimate of drug-likeness (QED) is 0.767. The summed E-state index contributed by atoms with van der Waals surface area (Å²) >= 11 is 0. The molecule has 3 heteroatoms. The van der Waals surface area contributed by atoms with Gasteiger partial charge >= 0.3 is 0 Å². The van der Waals surface area contributed by atoms with E-state index >= 15 is 0 Å². The van der Waals surface area contributed by atoms with Crippen LogP contribution in [0.5, 0.6) is 0 Å². The van der Waals surface area contributed by atoms with Crippen molar-refractivity contribution < 1.29 is 0 Å². The summed E-state index contributed by atoms with van der Waals surface area (Å²) in [4.78, 5) is 0. The number of hydrogen-bond donors (Lipinski definition) is 2. The molecule has 1 heterocycles. The fraction of sp³-hybridized carbons (Fsp3) is 0.467. The topological polar surface area (TPSA) is 43.0 Å². The molecule has 98 valence electrons. The van der Waals surface area contributed by atoms with Crippen LogP contribution in [-0.2, 0) is 13.6 Å². The van der Waals surface area contributed by atoms with Crippen LogP contribution in [0.25, 0.3) is 10.9 Å². The number of para-hydroxylation sites is 1. The summed E-state index contributed by atoms with van der Waals surface area (Å²) in [6.07, 6.45) is 4.44. The normalized spacial score (nSPS) is 13.1. The number of nitrogens with two attached hydrogens (primary N) is 1. The minimum Gasteiger partial charge on any atom is -0.350 e. The first-order chi connectivity index (χ1) is 8.68. The standard InChI is InChI=1S/C15H23N3/c1-12(16)6-5-9-17-10-13-11-18(2)15-8-4-3-7-14(13)15/h3-4,7-8,11-12,17H,5-6,9-10,16H2,1-2H3. The largest absolute Gasteiger partial charge is 0.350 e. The summed E-state index contributed by atoms with van der Waals surface area (Å²) in [5, 5.41) is 4.84. The van der Waals surface area contributed by atoms with Gasteiger partial charge in [-0.2, -0.15) is 0 Å². The molecule has 2 rings (SSSR count). The lowest BCUT2D eigenvalue weighted by atomic mass is 10.1. The summed E-state index contributed by atoms with van der Waals surface area (Å²) < 4.78 is 2.19. The summed E-state index contributed by atoms with van der Waals surface area (Å²) in [5.41, 5.74) is 8.40. The van der Waals surface area contributed by atoms with Crippen molar-refractivity contribution in [2.75, 3.05) is 6.54 Å². The maximum absolute atomic E-state index is 5.73. The molecule has 0 saturated heterocycles. The number of nitrogens with one attached hydrogen (secondary N) is 1. The van der Waals surface area contributed by atoms with E-state index in [-0.39, 0.29) is 0 Å². The summed E-state index contributed by atoms with van der Waals surface area (Å²) in [5.74, 6) is 0. The number of aromatic nitrogens is 1. The summed E-state index contributed by atoms with van der Waals surface area (Å²) in [7, 11) is 2.10. The molecule has 2 aromatic rings. The molecule has 0 aliphatic carbocycles. The Morgan fingerprint density at radius 1 is 1.33 bits per heavy atom. The average Bonchev–Trinajstić information content (AvgIpc) is 2.66. The van der Waals surface area contributed by atoms with Crippen molar-refractivity contribution in [2.24, 2.45) is 12.8 Å². The molecule has 0 saturated carbocycles. The van der Waals surface area contributed by atoms with Gasteiger partial charge in [0.25, 0.3) is 0 Å². The summed E-state index contributed by atoms with van der Waals surface area (Å²) in [6, 6.07) is 8.84. The molecule has 1 unspecified atom stereocenters. The Balaban J connectivity index is 1.92. The van der Waals surface area contributed by atoms with Crippen molar-refractivity contribution in [3.63, 3.8) is 0 Å². The Bertz CT molecular complexity index is 499. The Kier molecular flexibility index (Phi) is 4.39. The highest BCUT2D eigenvalue weighted by Gasteiger charge is 2.04. The van der Waals surface area contributed by atoms with Gasteiger partial charge in [0, 0.05) is 36.7 Å². The van der Waals surface area contributed by atoms with Gasteiger partial charge in [0.1, 0.15) is 0 Å². The van der Waals surface area contributed by atoms with Crippen molar-refractivity contribution in [1.82, 2.24) is 9.88 Å². The molecule has 0 aliphatic heterocycles. The van der Waals surface area contributed by atoms with Gasteiger partial charge in [-0.1, -0.05) is 18.2 Å². The van der Waals surface area contributed by atoms with Crippen LogP contribution in [0, 0.1) is 0 Å². The highest BCUT2D eigenvalue weighted by molar-refractivity contribution is 5.83. The van der Waals surface area contributed by atoms with Crippen molar-refractivity contribution in [1.29, 1.82) is 0 Å². The Morgan fingerprint density at radius 2 is 2.11 bits per heavy atom. The van der Waals surface area contributed by atoms with Gasteiger partial charge in [-0.3, -0.25) is 0 Å². The third-order valence-corrected chi connectivity index (χ3v) is 3.31. The lowest BCUT2D eigenvalue weighted by Crippen LogP contribution is -2.19. The lowest BCUT2D eigenvalue weighted by Gasteiger charge is -2.06. The van der Waals surface area contributed by atoms with Gasteiger partial charge in [0.2, 0.25) is 0 Å². The Labute approximate surface area is 109 Å². The minimum absolute atomic E-state index is 0.310. The van der Waals surface area contributed by atoms with Crippen LogP contribution in [0.3, 0.4) is 0 Å². The van der Waals surface area contributed by atoms with Gasteiger partial charge in [-0.25, -0.2) is 0 Å². The van der Waals surface area contributed by atoms with Crippen LogP contribution in [0.4, 0.5) is 0 Å². The number of fused-ring (bicyclic) bond motifs is 1. The molecule has 3 nitrogen and oxygen atoms in total. The predicted molar refractivity (Wildman–Crippen MR) is 77.5 cm³/mol. The highest BCUT2D eigenvalue weighted by atomic mass is 14.9. The monoisotopic (exact) mass is 245 g/mol. The van der Waals surface area contributed by atoms with Crippen molar-refractivity contribution in [3.05, 3.63) is 36.0 Å². The van der Waals surface area contributed by atoms with E-state index in [9.17, 15) is 0 Å². The molecule has 0 amide bonds. The van der Waals surface area contributed by atoms with Gasteiger partial charge in [-0.15, -0.1) is 0 Å². The number of rotatable bonds is 6. The van der Waals surface area contributed by atoms with E-state index in [0.29, 0.717) is 6.04 Å². The molecule has 0 fully saturated rings. The zero-order valence-electron chi connectivity index (χ0n) is 11.3. The van der Waals surface area contributed by atoms with E-state index in [1.165, 1.54) is 16.5 Å². The third kappa shape index (κ3) is 3.12. The zero-order chi connectivity index (χ0) is 13.0. The van der Waals surface area contributed by atoms with E-state index in [0.717, 1.165) is 25.9 Å². The van der Waals surface area contributed by atoms with Crippen molar-refractivity contribution in [3.8, 4) is 0 Å². The van der Waals surface area contributed by atoms with Crippen LogP contribution in [0.2, 0.25) is 0 Å². The molecule has 0 bridgehead atoms. The SMILES string of the molecule is CC(N)CCCNCc1cn(C)c2ccccc12. The van der Waals surface area contributed by atoms with E-state index in [1.54, 1.807) is 0 Å². The van der Waals surface area contributed by atoms with Gasteiger partial charge < -0.3 is 15.6 Å². The van der Waals surface area contributed by atoms with E-state index in [4.69, 9.17) is 5.73 Å². The first-order valence-corrected chi connectivity index (χ1v) is 6.67. The van der Waals surface area contributed by atoms with Crippen molar-refractivity contribution in [2.45, 2.75) is 32.4 Å². The van der Waals surface area contributed by atoms with Crippen LogP contribution >= 0.6 is 0 Å². The van der Waals surface area contributed by atoms with E-state index < -0.39 is 0 Å². The number of aryl methyl sites for hydroxylation is 1. The maximum atomic E-state index is 5.73. The fourth-order valence-corrected chi connectivity index (χ4v) is 2.34. The average molecular weight is 245 g/mol. The number of nitrogens with zero attached hydrogens (tertiary/aromatic N) is 1. The van der Waals surface area contributed by atoms with Crippen LogP contribution in [0.1, 0.15) is 25.3 Å². The molecule has 0 radical (unpaired) electrons. The molecule has 0 aliphatic rings. The second-order valence-corrected chi connectivity index (χ2v) is 5.08. The van der Waals surface area contributed by atoms with Crippen molar-refractivity contribution >= 4 is 10.9 Å².